The zero-order valence-corrected chi connectivity index (χ0v) is 16.7. The third-order valence-corrected chi connectivity index (χ3v) is 5.67. The quantitative estimate of drug-likeness (QED) is 0.765. The molecule has 6 heteroatoms. The maximum absolute atomic E-state index is 12.6. The van der Waals surface area contributed by atoms with Crippen LogP contribution in [0.15, 0.2) is 47.4 Å². The van der Waals surface area contributed by atoms with Crippen molar-refractivity contribution in [3.63, 3.8) is 0 Å². The van der Waals surface area contributed by atoms with Crippen molar-refractivity contribution < 1.29 is 14.3 Å². The molecule has 0 fully saturated rings. The van der Waals surface area contributed by atoms with Gasteiger partial charge in [0.05, 0.1) is 18.6 Å². The zero-order chi connectivity index (χ0) is 19.4. The molecule has 0 radical (unpaired) electrons. The van der Waals surface area contributed by atoms with E-state index in [0.717, 1.165) is 27.5 Å². The highest BCUT2D eigenvalue weighted by Crippen LogP contribution is 2.34. The van der Waals surface area contributed by atoms with E-state index in [0.29, 0.717) is 18.8 Å². The Hall–Kier alpha value is -2.47. The normalized spacial score (nSPS) is 13.3. The summed E-state index contributed by atoms with van der Waals surface area (Å²) in [7, 11) is 3.42. The van der Waals surface area contributed by atoms with E-state index in [-0.39, 0.29) is 18.2 Å². The average molecular weight is 385 g/mol. The first kappa shape index (κ1) is 19.3. The lowest BCUT2D eigenvalue weighted by molar-refractivity contribution is -0.130. The summed E-state index contributed by atoms with van der Waals surface area (Å²) in [5.41, 5.74) is 3.00. The molecule has 142 valence electrons. The summed E-state index contributed by atoms with van der Waals surface area (Å²) in [5.74, 6) is 1.25. The predicted molar refractivity (Wildman–Crippen MR) is 108 cm³/mol. The van der Waals surface area contributed by atoms with Crippen LogP contribution in [-0.4, -0.2) is 43.2 Å². The second kappa shape index (κ2) is 8.48. The Morgan fingerprint density at radius 1 is 1.26 bits per heavy atom. The van der Waals surface area contributed by atoms with Gasteiger partial charge >= 0.3 is 0 Å². The van der Waals surface area contributed by atoms with Crippen LogP contribution >= 0.6 is 11.8 Å². The van der Waals surface area contributed by atoms with Crippen molar-refractivity contribution in [2.45, 2.75) is 24.8 Å². The lowest BCUT2D eigenvalue weighted by Crippen LogP contribution is -2.38. The van der Waals surface area contributed by atoms with Gasteiger partial charge in [0.2, 0.25) is 11.8 Å². The summed E-state index contributed by atoms with van der Waals surface area (Å²) in [4.78, 5) is 29.4. The molecule has 27 heavy (non-hydrogen) atoms. The molecule has 2 aromatic rings. The van der Waals surface area contributed by atoms with Crippen LogP contribution in [0.5, 0.6) is 5.75 Å². The van der Waals surface area contributed by atoms with Gasteiger partial charge in [-0.1, -0.05) is 29.8 Å². The van der Waals surface area contributed by atoms with Gasteiger partial charge in [0.15, 0.2) is 0 Å². The number of rotatable bonds is 6. The first-order chi connectivity index (χ1) is 13.0. The van der Waals surface area contributed by atoms with Crippen molar-refractivity contribution in [3.8, 4) is 5.75 Å². The molecule has 0 unspecified atom stereocenters. The minimum atomic E-state index is 0.00191. The number of para-hydroxylation sites is 1. The minimum absolute atomic E-state index is 0.00191. The molecule has 5 nitrogen and oxygen atoms in total. The Labute approximate surface area is 164 Å². The monoisotopic (exact) mass is 384 g/mol. The second-order valence-corrected chi connectivity index (χ2v) is 7.63. The zero-order valence-electron chi connectivity index (χ0n) is 15.9. The molecule has 0 atom stereocenters. The number of methoxy groups -OCH3 is 1. The van der Waals surface area contributed by atoms with E-state index in [9.17, 15) is 9.59 Å². The van der Waals surface area contributed by atoms with Crippen LogP contribution in [0, 0.1) is 6.92 Å². The van der Waals surface area contributed by atoms with Crippen LogP contribution < -0.4 is 9.64 Å². The number of aryl methyl sites for hydroxylation is 1. The number of ether oxygens (including phenoxy) is 1. The van der Waals surface area contributed by atoms with E-state index in [1.807, 2.05) is 49.4 Å². The first-order valence-corrected chi connectivity index (χ1v) is 9.88. The third-order valence-electron chi connectivity index (χ3n) is 4.63. The van der Waals surface area contributed by atoms with Gasteiger partial charge < -0.3 is 14.5 Å². The Bertz CT molecular complexity index is 853. The van der Waals surface area contributed by atoms with Gasteiger partial charge in [0, 0.05) is 37.0 Å². The number of carbonyl (C=O) groups excluding carboxylic acids is 2. The van der Waals surface area contributed by atoms with Gasteiger partial charge in [0.25, 0.3) is 0 Å². The number of hydrogen-bond donors (Lipinski definition) is 0. The Kier molecular flexibility index (Phi) is 6.06. The van der Waals surface area contributed by atoms with Crippen LogP contribution in [0.25, 0.3) is 0 Å². The van der Waals surface area contributed by atoms with Gasteiger partial charge in [-0.2, -0.15) is 0 Å². The number of amides is 2. The van der Waals surface area contributed by atoms with Crippen molar-refractivity contribution in [2.24, 2.45) is 0 Å². The summed E-state index contributed by atoms with van der Waals surface area (Å²) in [6, 6.07) is 13.8. The number of benzene rings is 2. The molecule has 0 aromatic heterocycles. The maximum atomic E-state index is 12.6. The third kappa shape index (κ3) is 4.45. The van der Waals surface area contributed by atoms with Crippen LogP contribution in [0.2, 0.25) is 0 Å². The van der Waals surface area contributed by atoms with E-state index < -0.39 is 0 Å². The predicted octanol–water partition coefficient (Wildman–Crippen LogP) is 3.49. The lowest BCUT2D eigenvalue weighted by Gasteiger charge is -2.29. The number of fused-ring (bicyclic) bond motifs is 1. The smallest absolute Gasteiger partial charge is 0.237 e. The summed E-state index contributed by atoms with van der Waals surface area (Å²) >= 11 is 1.55. The van der Waals surface area contributed by atoms with Gasteiger partial charge in [-0.15, -0.1) is 11.8 Å². The molecule has 0 saturated heterocycles. The molecule has 0 spiro atoms. The number of thioether (sulfide) groups is 1. The van der Waals surface area contributed by atoms with Gasteiger partial charge in [-0.3, -0.25) is 9.59 Å². The molecule has 1 heterocycles. The standard InChI is InChI=1S/C21H24N2O3S/c1-15-8-9-18(26-3)16(12-15)13-22(2)20(24)10-11-23-17-6-4-5-7-19(17)27-14-21(23)25/h4-9,12H,10-11,13-14H2,1-3H3. The molecule has 2 aromatic carbocycles. The van der Waals surface area contributed by atoms with Crippen LogP contribution in [-0.2, 0) is 16.1 Å². The number of hydrogen-bond acceptors (Lipinski definition) is 4. The van der Waals surface area contributed by atoms with E-state index in [1.54, 1.807) is 35.7 Å². The van der Waals surface area contributed by atoms with Crippen molar-refractivity contribution in [3.05, 3.63) is 53.6 Å². The molecule has 0 aliphatic carbocycles. The van der Waals surface area contributed by atoms with Gasteiger partial charge in [-0.25, -0.2) is 0 Å². The average Bonchev–Trinajstić information content (AvgIpc) is 2.67. The van der Waals surface area contributed by atoms with Crippen LogP contribution in [0.1, 0.15) is 17.5 Å². The van der Waals surface area contributed by atoms with Crippen molar-refractivity contribution in [2.75, 3.05) is 31.4 Å². The molecule has 3 rings (SSSR count). The molecule has 0 bridgehead atoms. The molecule has 2 amide bonds. The molecule has 1 aliphatic rings. The SMILES string of the molecule is COc1ccc(C)cc1CN(C)C(=O)CCN1C(=O)CSc2ccccc21. The van der Waals surface area contributed by atoms with Gasteiger partial charge in [0.1, 0.15) is 5.75 Å². The molecule has 0 saturated carbocycles. The molecule has 0 N–H and O–H groups in total. The summed E-state index contributed by atoms with van der Waals surface area (Å²) in [5, 5.41) is 0. The summed E-state index contributed by atoms with van der Waals surface area (Å²) < 4.78 is 5.40. The Morgan fingerprint density at radius 2 is 2.04 bits per heavy atom. The van der Waals surface area contributed by atoms with E-state index in [1.165, 1.54) is 0 Å². The fraction of sp³-hybridized carbons (Fsp3) is 0.333. The van der Waals surface area contributed by atoms with Crippen molar-refractivity contribution >= 4 is 29.3 Å². The number of nitrogens with zero attached hydrogens (tertiary/aromatic N) is 2. The summed E-state index contributed by atoms with van der Waals surface area (Å²) in [6.07, 6.45) is 0.287. The van der Waals surface area contributed by atoms with E-state index in [4.69, 9.17) is 4.74 Å². The topological polar surface area (TPSA) is 49.9 Å². The van der Waals surface area contributed by atoms with E-state index in [2.05, 4.69) is 0 Å². The number of carbonyl (C=O) groups is 2. The van der Waals surface area contributed by atoms with Crippen LogP contribution in [0.4, 0.5) is 5.69 Å². The highest BCUT2D eigenvalue weighted by molar-refractivity contribution is 8.00. The summed E-state index contributed by atoms with van der Waals surface area (Å²) in [6.45, 7) is 2.89. The largest absolute Gasteiger partial charge is 0.496 e. The lowest BCUT2D eigenvalue weighted by atomic mass is 10.1. The Balaban J connectivity index is 1.64. The fourth-order valence-corrected chi connectivity index (χ4v) is 4.11. The Morgan fingerprint density at radius 3 is 2.81 bits per heavy atom. The van der Waals surface area contributed by atoms with Crippen molar-refractivity contribution in [1.29, 1.82) is 0 Å². The highest BCUT2D eigenvalue weighted by atomic mass is 32.2. The highest BCUT2D eigenvalue weighted by Gasteiger charge is 2.25. The molecule has 1 aliphatic heterocycles. The molecular formula is C21H24N2O3S. The fourth-order valence-electron chi connectivity index (χ4n) is 3.17. The van der Waals surface area contributed by atoms with E-state index >= 15 is 0 Å². The minimum Gasteiger partial charge on any atom is -0.496 e. The van der Waals surface area contributed by atoms with Crippen LogP contribution in [0.3, 0.4) is 0 Å². The second-order valence-electron chi connectivity index (χ2n) is 6.62. The van der Waals surface area contributed by atoms with Crippen molar-refractivity contribution in [1.82, 2.24) is 4.90 Å². The number of anilines is 1. The maximum Gasteiger partial charge on any atom is 0.237 e. The molecular weight excluding hydrogens is 360 g/mol. The first-order valence-electron chi connectivity index (χ1n) is 8.89. The van der Waals surface area contributed by atoms with Gasteiger partial charge in [-0.05, 0) is 25.1 Å².